The van der Waals surface area contributed by atoms with Crippen LogP contribution in [0.15, 0.2) is 18.2 Å². The summed E-state index contributed by atoms with van der Waals surface area (Å²) in [4.78, 5) is 11.5. The topological polar surface area (TPSA) is 38.3 Å². The lowest BCUT2D eigenvalue weighted by atomic mass is 9.85. The van der Waals surface area contributed by atoms with Crippen molar-refractivity contribution < 1.29 is 9.53 Å². The lowest BCUT2D eigenvalue weighted by Gasteiger charge is -2.23. The fourth-order valence-electron chi connectivity index (χ4n) is 1.75. The minimum Gasteiger partial charge on any atom is -0.483 e. The summed E-state index contributed by atoms with van der Waals surface area (Å²) in [5.41, 5.74) is 2.30. The van der Waals surface area contributed by atoms with Crippen molar-refractivity contribution in [1.29, 1.82) is 0 Å². The largest absolute Gasteiger partial charge is 0.483 e. The Morgan fingerprint density at radius 2 is 2.05 bits per heavy atom. The molecule has 4 heteroatoms. The maximum atomic E-state index is 11.5. The molecule has 1 N–H and O–H groups in total. The molecule has 0 aliphatic heterocycles. The smallest absolute Gasteiger partial charge is 0.257 e. The summed E-state index contributed by atoms with van der Waals surface area (Å²) in [7, 11) is 0. The second kappa shape index (κ2) is 6.85. The van der Waals surface area contributed by atoms with Crippen LogP contribution in [0.1, 0.15) is 31.9 Å². The molecule has 1 aromatic rings. The Kier molecular flexibility index (Phi) is 5.73. The fourth-order valence-corrected chi connectivity index (χ4v) is 1.86. The highest BCUT2D eigenvalue weighted by molar-refractivity contribution is 7.80. The molecule has 1 aromatic carbocycles. The number of carbonyl (C=O) groups excluding carboxylic acids is 1. The SMILES string of the molecule is Cc1ccc(OCC(=O)NCCS)c(C(C)(C)C)c1. The number of benzene rings is 1. The van der Waals surface area contributed by atoms with Crippen LogP contribution in [0, 0.1) is 6.92 Å². The lowest BCUT2D eigenvalue weighted by molar-refractivity contribution is -0.122. The molecule has 0 unspecified atom stereocenters. The van der Waals surface area contributed by atoms with Gasteiger partial charge in [0.2, 0.25) is 0 Å². The zero-order chi connectivity index (χ0) is 14.5. The first-order valence-electron chi connectivity index (χ1n) is 6.46. The van der Waals surface area contributed by atoms with E-state index >= 15 is 0 Å². The fraction of sp³-hybridized carbons (Fsp3) is 0.533. The van der Waals surface area contributed by atoms with E-state index in [-0.39, 0.29) is 17.9 Å². The van der Waals surface area contributed by atoms with E-state index in [0.717, 1.165) is 11.3 Å². The Balaban J connectivity index is 2.76. The van der Waals surface area contributed by atoms with E-state index in [1.165, 1.54) is 5.56 Å². The van der Waals surface area contributed by atoms with Gasteiger partial charge in [-0.1, -0.05) is 38.5 Å². The quantitative estimate of drug-likeness (QED) is 0.815. The summed E-state index contributed by atoms with van der Waals surface area (Å²) in [6.07, 6.45) is 0. The van der Waals surface area contributed by atoms with Crippen molar-refractivity contribution >= 4 is 18.5 Å². The average molecular weight is 281 g/mol. The third kappa shape index (κ3) is 5.15. The van der Waals surface area contributed by atoms with Crippen LogP contribution >= 0.6 is 12.6 Å². The van der Waals surface area contributed by atoms with E-state index in [1.807, 2.05) is 12.1 Å². The van der Waals surface area contributed by atoms with Gasteiger partial charge in [-0.2, -0.15) is 12.6 Å². The van der Waals surface area contributed by atoms with E-state index in [4.69, 9.17) is 4.74 Å². The van der Waals surface area contributed by atoms with Gasteiger partial charge in [-0.05, 0) is 24.0 Å². The molecular formula is C15H23NO2S. The molecule has 0 fully saturated rings. The molecule has 0 aliphatic rings. The third-order valence-corrected chi connectivity index (χ3v) is 2.96. The van der Waals surface area contributed by atoms with Gasteiger partial charge in [0.15, 0.2) is 6.61 Å². The Hall–Kier alpha value is -1.16. The van der Waals surface area contributed by atoms with Gasteiger partial charge in [0.1, 0.15) is 5.75 Å². The number of thiol groups is 1. The van der Waals surface area contributed by atoms with Crippen LogP contribution in [-0.2, 0) is 10.2 Å². The minimum atomic E-state index is -0.116. The maximum absolute atomic E-state index is 11.5. The van der Waals surface area contributed by atoms with Crippen LogP contribution in [0.25, 0.3) is 0 Å². The van der Waals surface area contributed by atoms with Gasteiger partial charge in [-0.15, -0.1) is 0 Å². The van der Waals surface area contributed by atoms with Crippen LogP contribution in [-0.4, -0.2) is 24.8 Å². The van der Waals surface area contributed by atoms with E-state index in [9.17, 15) is 4.79 Å². The molecule has 0 spiro atoms. The second-order valence-corrected chi connectivity index (χ2v) is 6.06. The van der Waals surface area contributed by atoms with Crippen LogP contribution in [0.3, 0.4) is 0 Å². The Morgan fingerprint density at radius 3 is 2.63 bits per heavy atom. The Bertz CT molecular complexity index is 438. The van der Waals surface area contributed by atoms with Crippen molar-refractivity contribution in [3.8, 4) is 5.75 Å². The molecule has 19 heavy (non-hydrogen) atoms. The molecule has 1 amide bonds. The molecule has 0 atom stereocenters. The van der Waals surface area contributed by atoms with E-state index in [2.05, 4.69) is 51.7 Å². The molecule has 0 bridgehead atoms. The highest BCUT2D eigenvalue weighted by Crippen LogP contribution is 2.32. The number of ether oxygens (including phenoxy) is 1. The standard InChI is InChI=1S/C15H23NO2S/c1-11-5-6-13(12(9-11)15(2,3)4)18-10-14(17)16-7-8-19/h5-6,9,19H,7-8,10H2,1-4H3,(H,16,17). The van der Waals surface area contributed by atoms with Gasteiger partial charge in [-0.3, -0.25) is 4.79 Å². The first kappa shape index (κ1) is 15.9. The Labute approximate surface area is 121 Å². The first-order valence-corrected chi connectivity index (χ1v) is 7.09. The zero-order valence-electron chi connectivity index (χ0n) is 12.1. The van der Waals surface area contributed by atoms with Crippen molar-refractivity contribution in [1.82, 2.24) is 5.32 Å². The second-order valence-electron chi connectivity index (χ2n) is 5.61. The van der Waals surface area contributed by atoms with Crippen molar-refractivity contribution in [3.63, 3.8) is 0 Å². The van der Waals surface area contributed by atoms with E-state index in [1.54, 1.807) is 0 Å². The molecular weight excluding hydrogens is 258 g/mol. The predicted molar refractivity (Wildman–Crippen MR) is 82.2 cm³/mol. The van der Waals surface area contributed by atoms with Crippen LogP contribution < -0.4 is 10.1 Å². The molecule has 1 rings (SSSR count). The van der Waals surface area contributed by atoms with Crippen molar-refractivity contribution in [3.05, 3.63) is 29.3 Å². The van der Waals surface area contributed by atoms with E-state index < -0.39 is 0 Å². The predicted octanol–water partition coefficient (Wildman–Crippen LogP) is 2.72. The zero-order valence-corrected chi connectivity index (χ0v) is 13.0. The summed E-state index contributed by atoms with van der Waals surface area (Å²) in [5, 5.41) is 2.73. The first-order chi connectivity index (χ1) is 8.84. The summed E-state index contributed by atoms with van der Waals surface area (Å²) in [5.74, 6) is 1.29. The monoisotopic (exact) mass is 281 g/mol. The van der Waals surface area contributed by atoms with Gasteiger partial charge >= 0.3 is 0 Å². The molecule has 106 valence electrons. The normalized spacial score (nSPS) is 11.2. The van der Waals surface area contributed by atoms with Crippen molar-refractivity contribution in [2.24, 2.45) is 0 Å². The summed E-state index contributed by atoms with van der Waals surface area (Å²) in [6.45, 7) is 9.06. The summed E-state index contributed by atoms with van der Waals surface area (Å²) < 4.78 is 5.64. The molecule has 0 saturated heterocycles. The minimum absolute atomic E-state index is 0.0110. The third-order valence-electron chi connectivity index (χ3n) is 2.74. The molecule has 0 aromatic heterocycles. The van der Waals surface area contributed by atoms with Gasteiger partial charge in [0.05, 0.1) is 0 Å². The lowest BCUT2D eigenvalue weighted by Crippen LogP contribution is -2.30. The summed E-state index contributed by atoms with van der Waals surface area (Å²) >= 11 is 4.04. The summed E-state index contributed by atoms with van der Waals surface area (Å²) in [6, 6.07) is 6.04. The number of carbonyl (C=O) groups is 1. The Morgan fingerprint density at radius 1 is 1.37 bits per heavy atom. The van der Waals surface area contributed by atoms with Gasteiger partial charge in [-0.25, -0.2) is 0 Å². The number of amides is 1. The molecule has 3 nitrogen and oxygen atoms in total. The molecule has 0 saturated carbocycles. The number of nitrogens with one attached hydrogen (secondary N) is 1. The van der Waals surface area contributed by atoms with Crippen molar-refractivity contribution in [2.45, 2.75) is 33.1 Å². The highest BCUT2D eigenvalue weighted by Gasteiger charge is 2.19. The number of hydrogen-bond donors (Lipinski definition) is 2. The number of aryl methyl sites for hydroxylation is 1. The molecule has 0 aliphatic carbocycles. The van der Waals surface area contributed by atoms with Gasteiger partial charge in [0.25, 0.3) is 5.91 Å². The number of rotatable bonds is 5. The number of hydrogen-bond acceptors (Lipinski definition) is 3. The van der Waals surface area contributed by atoms with Gasteiger partial charge in [0, 0.05) is 12.3 Å². The van der Waals surface area contributed by atoms with Crippen LogP contribution in [0.4, 0.5) is 0 Å². The molecule has 0 heterocycles. The highest BCUT2D eigenvalue weighted by atomic mass is 32.1. The van der Waals surface area contributed by atoms with Crippen LogP contribution in [0.2, 0.25) is 0 Å². The van der Waals surface area contributed by atoms with Crippen LogP contribution in [0.5, 0.6) is 5.75 Å². The van der Waals surface area contributed by atoms with Gasteiger partial charge < -0.3 is 10.1 Å². The maximum Gasteiger partial charge on any atom is 0.257 e. The van der Waals surface area contributed by atoms with E-state index in [0.29, 0.717) is 12.3 Å². The van der Waals surface area contributed by atoms with Crippen molar-refractivity contribution in [2.75, 3.05) is 18.9 Å². The average Bonchev–Trinajstić information content (AvgIpc) is 2.33. The molecule has 0 radical (unpaired) electrons.